The first-order valence-electron chi connectivity index (χ1n) is 3.91. The van der Waals surface area contributed by atoms with Crippen LogP contribution in [0.2, 0.25) is 0 Å². The van der Waals surface area contributed by atoms with Crippen LogP contribution in [0.4, 0.5) is 5.69 Å². The fourth-order valence-electron chi connectivity index (χ4n) is 0.988. The topological polar surface area (TPSA) is 56.3 Å². The predicted octanol–water partition coefficient (Wildman–Crippen LogP) is -0.560. The minimum atomic E-state index is -1.11. The lowest BCUT2D eigenvalue weighted by Gasteiger charge is -2.12. The van der Waals surface area contributed by atoms with Crippen molar-refractivity contribution >= 4 is 11.7 Å². The lowest BCUT2D eigenvalue weighted by Crippen LogP contribution is -2.25. The Kier molecular flexibility index (Phi) is 2.84. The van der Waals surface area contributed by atoms with Crippen molar-refractivity contribution < 1.29 is 9.90 Å². The molecule has 0 bridgehead atoms. The first kappa shape index (κ1) is 9.51. The van der Waals surface area contributed by atoms with Crippen molar-refractivity contribution in [1.29, 1.82) is 0 Å². The second-order valence-corrected chi connectivity index (χ2v) is 2.95. The maximum atomic E-state index is 10.3. The molecule has 70 valence electrons. The number of carbonyl (C=O) groups is 1. The molecule has 0 aliphatic carbocycles. The summed E-state index contributed by atoms with van der Waals surface area (Å²) in [5, 5.41) is 10.3. The van der Waals surface area contributed by atoms with E-state index in [9.17, 15) is 9.90 Å². The van der Waals surface area contributed by atoms with Crippen LogP contribution in [-0.2, 0) is 11.2 Å². The molecule has 0 aliphatic rings. The van der Waals surface area contributed by atoms with Crippen LogP contribution in [0.15, 0.2) is 18.3 Å². The summed E-state index contributed by atoms with van der Waals surface area (Å²) >= 11 is 0. The van der Waals surface area contributed by atoms with Crippen LogP contribution < -0.4 is 10.0 Å². The Morgan fingerprint density at radius 2 is 2.31 bits per heavy atom. The van der Waals surface area contributed by atoms with Gasteiger partial charge >= 0.3 is 0 Å². The van der Waals surface area contributed by atoms with Gasteiger partial charge in [0, 0.05) is 44.1 Å². The van der Waals surface area contributed by atoms with Crippen LogP contribution in [0.3, 0.4) is 0 Å². The van der Waals surface area contributed by atoms with Crippen molar-refractivity contribution in [2.75, 3.05) is 19.0 Å². The second-order valence-electron chi connectivity index (χ2n) is 2.95. The van der Waals surface area contributed by atoms with Crippen molar-refractivity contribution in [3.05, 3.63) is 24.0 Å². The highest BCUT2D eigenvalue weighted by Crippen LogP contribution is 2.10. The van der Waals surface area contributed by atoms with Gasteiger partial charge in [-0.1, -0.05) is 0 Å². The molecular formula is C9H11N2O2-. The van der Waals surface area contributed by atoms with E-state index in [1.807, 2.05) is 25.1 Å². The number of nitrogens with zero attached hydrogens (tertiary/aromatic N) is 2. The molecule has 1 aromatic heterocycles. The average Bonchev–Trinajstić information content (AvgIpc) is 2.03. The van der Waals surface area contributed by atoms with Gasteiger partial charge < -0.3 is 14.8 Å². The fourth-order valence-corrected chi connectivity index (χ4v) is 0.988. The molecule has 0 N–H and O–H groups in total. The summed E-state index contributed by atoms with van der Waals surface area (Å²) in [5.41, 5.74) is 1.46. The molecule has 1 rings (SSSR count). The molecule has 13 heavy (non-hydrogen) atoms. The number of hydrogen-bond donors (Lipinski definition) is 0. The lowest BCUT2D eigenvalue weighted by molar-refractivity contribution is -0.304. The minimum Gasteiger partial charge on any atom is -0.550 e. The number of carboxylic acid groups (broad SMARTS) is 1. The van der Waals surface area contributed by atoms with E-state index < -0.39 is 5.97 Å². The van der Waals surface area contributed by atoms with Crippen LogP contribution in [0.5, 0.6) is 0 Å². The average molecular weight is 179 g/mol. The largest absolute Gasteiger partial charge is 0.550 e. The lowest BCUT2D eigenvalue weighted by atomic mass is 10.2. The third-order valence-electron chi connectivity index (χ3n) is 1.64. The van der Waals surface area contributed by atoms with Gasteiger partial charge in [0.15, 0.2) is 0 Å². The molecule has 0 spiro atoms. The van der Waals surface area contributed by atoms with Gasteiger partial charge in [-0.05, 0) is 12.1 Å². The Morgan fingerprint density at radius 3 is 2.85 bits per heavy atom. The highest BCUT2D eigenvalue weighted by Gasteiger charge is 1.98. The van der Waals surface area contributed by atoms with Gasteiger partial charge in [0.1, 0.15) is 0 Å². The van der Waals surface area contributed by atoms with Crippen molar-refractivity contribution in [3.8, 4) is 0 Å². The quantitative estimate of drug-likeness (QED) is 0.624. The van der Waals surface area contributed by atoms with Crippen LogP contribution in [0, 0.1) is 0 Å². The number of carbonyl (C=O) groups excluding carboxylic acids is 1. The molecule has 0 aliphatic heterocycles. The van der Waals surface area contributed by atoms with Crippen LogP contribution in [0.25, 0.3) is 0 Å². The zero-order chi connectivity index (χ0) is 9.84. The van der Waals surface area contributed by atoms with E-state index in [0.29, 0.717) is 5.69 Å². The fraction of sp³-hybridized carbons (Fsp3) is 0.333. The van der Waals surface area contributed by atoms with Crippen molar-refractivity contribution in [2.45, 2.75) is 6.42 Å². The Hall–Kier alpha value is -1.58. The second kappa shape index (κ2) is 3.89. The number of carboxylic acids is 1. The van der Waals surface area contributed by atoms with E-state index in [4.69, 9.17) is 0 Å². The summed E-state index contributed by atoms with van der Waals surface area (Å²) in [6.45, 7) is 0. The van der Waals surface area contributed by atoms with Gasteiger partial charge in [-0.2, -0.15) is 0 Å². The van der Waals surface area contributed by atoms with E-state index >= 15 is 0 Å². The Morgan fingerprint density at radius 1 is 1.62 bits per heavy atom. The number of rotatable bonds is 3. The van der Waals surface area contributed by atoms with Crippen molar-refractivity contribution in [3.63, 3.8) is 0 Å². The van der Waals surface area contributed by atoms with Gasteiger partial charge in [0.2, 0.25) is 0 Å². The summed E-state index contributed by atoms with van der Waals surface area (Å²) in [6.07, 6.45) is 1.45. The first-order chi connectivity index (χ1) is 6.09. The van der Waals surface area contributed by atoms with Crippen LogP contribution in [0.1, 0.15) is 5.69 Å². The van der Waals surface area contributed by atoms with Crippen LogP contribution in [-0.4, -0.2) is 25.0 Å². The highest BCUT2D eigenvalue weighted by atomic mass is 16.4. The monoisotopic (exact) mass is 179 g/mol. The zero-order valence-corrected chi connectivity index (χ0v) is 7.65. The zero-order valence-electron chi connectivity index (χ0n) is 7.65. The Bertz CT molecular complexity index is 310. The van der Waals surface area contributed by atoms with E-state index in [0.717, 1.165) is 5.69 Å². The maximum Gasteiger partial charge on any atom is 0.0480 e. The molecule has 1 aromatic rings. The van der Waals surface area contributed by atoms with E-state index in [1.54, 1.807) is 12.3 Å². The van der Waals surface area contributed by atoms with Crippen LogP contribution >= 0.6 is 0 Å². The standard InChI is InChI=1S/C9H12N2O2/c1-11(2)8-3-4-10-7(5-8)6-9(12)13/h3-5H,6H2,1-2H3,(H,12,13)/p-1. The Balaban J connectivity index is 2.85. The molecule has 1 heterocycles. The summed E-state index contributed by atoms with van der Waals surface area (Å²) < 4.78 is 0. The number of aliphatic carboxylic acids is 1. The normalized spacial score (nSPS) is 9.69. The number of aromatic nitrogens is 1. The van der Waals surface area contributed by atoms with Gasteiger partial charge in [-0.25, -0.2) is 0 Å². The molecule has 0 fully saturated rings. The molecule has 4 heteroatoms. The molecule has 0 amide bonds. The number of pyridine rings is 1. The predicted molar refractivity (Wildman–Crippen MR) is 47.3 cm³/mol. The van der Waals surface area contributed by atoms with Gasteiger partial charge in [-0.3, -0.25) is 4.98 Å². The summed E-state index contributed by atoms with van der Waals surface area (Å²) in [4.78, 5) is 16.1. The Labute approximate surface area is 76.8 Å². The molecule has 0 saturated heterocycles. The highest BCUT2D eigenvalue weighted by molar-refractivity contribution is 5.67. The number of hydrogen-bond acceptors (Lipinski definition) is 4. The summed E-state index contributed by atoms with van der Waals surface area (Å²) in [6, 6.07) is 3.55. The van der Waals surface area contributed by atoms with E-state index in [2.05, 4.69) is 4.98 Å². The first-order valence-corrected chi connectivity index (χ1v) is 3.91. The molecule has 0 unspecified atom stereocenters. The summed E-state index contributed by atoms with van der Waals surface area (Å²) in [7, 11) is 3.77. The smallest absolute Gasteiger partial charge is 0.0480 e. The molecule has 0 atom stereocenters. The third kappa shape index (κ3) is 2.74. The summed E-state index contributed by atoms with van der Waals surface area (Å²) in [5.74, 6) is -1.11. The van der Waals surface area contributed by atoms with Gasteiger partial charge in [-0.15, -0.1) is 0 Å². The SMILES string of the molecule is CN(C)c1ccnc(CC(=O)[O-])c1. The van der Waals surface area contributed by atoms with Gasteiger partial charge in [0.05, 0.1) is 0 Å². The van der Waals surface area contributed by atoms with Crippen molar-refractivity contribution in [1.82, 2.24) is 4.98 Å². The third-order valence-corrected chi connectivity index (χ3v) is 1.64. The van der Waals surface area contributed by atoms with Gasteiger partial charge in [0.25, 0.3) is 0 Å². The molecule has 0 radical (unpaired) electrons. The van der Waals surface area contributed by atoms with Crippen molar-refractivity contribution in [2.24, 2.45) is 0 Å². The molecular weight excluding hydrogens is 168 g/mol. The number of anilines is 1. The van der Waals surface area contributed by atoms with E-state index in [1.165, 1.54) is 0 Å². The minimum absolute atomic E-state index is 0.137. The van der Waals surface area contributed by atoms with E-state index in [-0.39, 0.29) is 6.42 Å². The molecule has 0 aromatic carbocycles. The maximum absolute atomic E-state index is 10.3. The molecule has 0 saturated carbocycles. The molecule has 4 nitrogen and oxygen atoms in total.